The number of carbonyl (C=O) groups is 2. The molecule has 0 atom stereocenters. The molecule has 0 N–H and O–H groups in total. The molecule has 2 aliphatic rings. The molecule has 0 aromatic heterocycles. The maximum absolute atomic E-state index is 12.1. The summed E-state index contributed by atoms with van der Waals surface area (Å²) < 4.78 is 0. The third kappa shape index (κ3) is 6.64. The van der Waals surface area contributed by atoms with Crippen LogP contribution in [-0.4, -0.2) is 54.0 Å². The average Bonchev–Trinajstić information content (AvgIpc) is 3.60. The van der Waals surface area contributed by atoms with Gasteiger partial charge in [-0.25, -0.2) is 0 Å². The first-order valence-corrected chi connectivity index (χ1v) is 11.3. The highest BCUT2D eigenvalue weighted by molar-refractivity contribution is 8.00. The van der Waals surface area contributed by atoms with Gasteiger partial charge in [0.25, 0.3) is 0 Å². The van der Waals surface area contributed by atoms with Crippen LogP contribution >= 0.6 is 11.8 Å². The molecule has 2 aromatic carbocycles. The first-order valence-electron chi connectivity index (χ1n) is 10.3. The standard InChI is InChI=1S/C15H20N2O2S.C9H10/c1-12-3-4-14(13(2)9-12)20-10-15(19)17-7-5-16(11-18)6-8-17;1-2-4-8(5-3-1)9-6-7-9/h3-4,9,11H,5-8,10H2,1-2H3;1-5,9H,6-7H2. The number of hydrogen-bond acceptors (Lipinski definition) is 3. The number of amides is 2. The molecule has 2 amide bonds. The molecule has 1 saturated heterocycles. The second-order valence-corrected chi connectivity index (χ2v) is 8.78. The molecular formula is C24H30N2O2S. The Hall–Kier alpha value is -2.27. The normalized spacial score (nSPS) is 16.1. The zero-order chi connectivity index (χ0) is 20.6. The van der Waals surface area contributed by atoms with Gasteiger partial charge in [-0.05, 0) is 49.8 Å². The second kappa shape index (κ2) is 10.5. The van der Waals surface area contributed by atoms with Crippen molar-refractivity contribution in [2.75, 3.05) is 31.9 Å². The topological polar surface area (TPSA) is 40.6 Å². The van der Waals surface area contributed by atoms with Gasteiger partial charge < -0.3 is 9.80 Å². The minimum absolute atomic E-state index is 0.153. The van der Waals surface area contributed by atoms with Gasteiger partial charge in [0.1, 0.15) is 0 Å². The van der Waals surface area contributed by atoms with Gasteiger partial charge in [-0.3, -0.25) is 9.59 Å². The lowest BCUT2D eigenvalue weighted by Gasteiger charge is -2.32. The summed E-state index contributed by atoms with van der Waals surface area (Å²) in [6.45, 7) is 6.71. The van der Waals surface area contributed by atoms with Crippen molar-refractivity contribution in [3.05, 3.63) is 65.2 Å². The van der Waals surface area contributed by atoms with E-state index < -0.39 is 0 Å². The summed E-state index contributed by atoms with van der Waals surface area (Å²) in [7, 11) is 0. The molecule has 154 valence electrons. The van der Waals surface area contributed by atoms with Crippen LogP contribution in [0.15, 0.2) is 53.4 Å². The largest absolute Gasteiger partial charge is 0.342 e. The molecular weight excluding hydrogens is 380 g/mol. The van der Waals surface area contributed by atoms with E-state index in [2.05, 4.69) is 62.4 Å². The summed E-state index contributed by atoms with van der Waals surface area (Å²) in [5.74, 6) is 1.53. The van der Waals surface area contributed by atoms with E-state index in [1.807, 2.05) is 4.90 Å². The van der Waals surface area contributed by atoms with Crippen LogP contribution in [0.4, 0.5) is 0 Å². The van der Waals surface area contributed by atoms with Crippen molar-refractivity contribution in [1.82, 2.24) is 9.80 Å². The van der Waals surface area contributed by atoms with Gasteiger partial charge in [0, 0.05) is 31.1 Å². The lowest BCUT2D eigenvalue weighted by atomic mass is 10.1. The lowest BCUT2D eigenvalue weighted by molar-refractivity contribution is -0.132. The zero-order valence-corrected chi connectivity index (χ0v) is 18.2. The Bertz CT molecular complexity index is 813. The molecule has 29 heavy (non-hydrogen) atoms. The zero-order valence-electron chi connectivity index (χ0n) is 17.3. The van der Waals surface area contributed by atoms with Crippen LogP contribution in [0.1, 0.15) is 35.4 Å². The summed E-state index contributed by atoms with van der Waals surface area (Å²) in [4.78, 5) is 27.5. The molecule has 2 fully saturated rings. The Morgan fingerprint density at radius 1 is 1.03 bits per heavy atom. The molecule has 0 bridgehead atoms. The van der Waals surface area contributed by atoms with Crippen molar-refractivity contribution in [3.8, 4) is 0 Å². The molecule has 0 spiro atoms. The Kier molecular flexibility index (Phi) is 7.76. The van der Waals surface area contributed by atoms with E-state index in [9.17, 15) is 9.59 Å². The first kappa shape index (κ1) is 21.4. The van der Waals surface area contributed by atoms with Crippen LogP contribution in [0.2, 0.25) is 0 Å². The van der Waals surface area contributed by atoms with Gasteiger partial charge in [0.15, 0.2) is 0 Å². The Morgan fingerprint density at radius 2 is 1.72 bits per heavy atom. The monoisotopic (exact) mass is 410 g/mol. The Labute approximate surface area is 178 Å². The van der Waals surface area contributed by atoms with Crippen molar-refractivity contribution in [3.63, 3.8) is 0 Å². The van der Waals surface area contributed by atoms with Crippen LogP contribution in [0, 0.1) is 13.8 Å². The minimum Gasteiger partial charge on any atom is -0.342 e. The van der Waals surface area contributed by atoms with Crippen molar-refractivity contribution < 1.29 is 9.59 Å². The highest BCUT2D eigenvalue weighted by Gasteiger charge is 2.22. The Morgan fingerprint density at radius 3 is 2.31 bits per heavy atom. The van der Waals surface area contributed by atoms with Crippen LogP contribution in [0.3, 0.4) is 0 Å². The van der Waals surface area contributed by atoms with Gasteiger partial charge in [0.2, 0.25) is 12.3 Å². The summed E-state index contributed by atoms with van der Waals surface area (Å²) >= 11 is 1.59. The summed E-state index contributed by atoms with van der Waals surface area (Å²) in [6, 6.07) is 17.0. The minimum atomic E-state index is 0.153. The molecule has 1 aliphatic heterocycles. The van der Waals surface area contributed by atoms with E-state index in [-0.39, 0.29) is 5.91 Å². The van der Waals surface area contributed by atoms with Gasteiger partial charge in [-0.15, -0.1) is 11.8 Å². The lowest BCUT2D eigenvalue weighted by Crippen LogP contribution is -2.48. The fourth-order valence-electron chi connectivity index (χ4n) is 3.41. The van der Waals surface area contributed by atoms with E-state index in [4.69, 9.17) is 0 Å². The predicted molar refractivity (Wildman–Crippen MR) is 119 cm³/mol. The number of rotatable bonds is 5. The highest BCUT2D eigenvalue weighted by atomic mass is 32.2. The second-order valence-electron chi connectivity index (χ2n) is 7.76. The van der Waals surface area contributed by atoms with Crippen LogP contribution in [-0.2, 0) is 9.59 Å². The molecule has 5 heteroatoms. The summed E-state index contributed by atoms with van der Waals surface area (Å²) in [5, 5.41) is 0. The van der Waals surface area contributed by atoms with E-state index >= 15 is 0 Å². The van der Waals surface area contributed by atoms with Crippen molar-refractivity contribution >= 4 is 24.1 Å². The fourth-order valence-corrected chi connectivity index (χ4v) is 4.32. The van der Waals surface area contributed by atoms with Crippen molar-refractivity contribution in [2.24, 2.45) is 0 Å². The smallest absolute Gasteiger partial charge is 0.233 e. The molecule has 4 rings (SSSR count). The highest BCUT2D eigenvalue weighted by Crippen LogP contribution is 2.39. The van der Waals surface area contributed by atoms with Gasteiger partial charge >= 0.3 is 0 Å². The van der Waals surface area contributed by atoms with Crippen LogP contribution in [0.5, 0.6) is 0 Å². The number of nitrogens with zero attached hydrogens (tertiary/aromatic N) is 2. The SMILES string of the molecule is Cc1ccc(SCC(=O)N2CCN(C=O)CC2)c(C)c1.c1ccc(C2CC2)cc1. The predicted octanol–water partition coefficient (Wildman–Crippen LogP) is 4.26. The number of benzene rings is 2. The van der Waals surface area contributed by atoms with Crippen molar-refractivity contribution in [1.29, 1.82) is 0 Å². The van der Waals surface area contributed by atoms with Gasteiger partial charge in [0.05, 0.1) is 5.75 Å². The molecule has 1 heterocycles. The molecule has 4 nitrogen and oxygen atoms in total. The number of aryl methyl sites for hydroxylation is 2. The van der Waals surface area contributed by atoms with Gasteiger partial charge in [-0.1, -0.05) is 48.0 Å². The van der Waals surface area contributed by atoms with E-state index in [1.54, 1.807) is 16.7 Å². The van der Waals surface area contributed by atoms with Crippen molar-refractivity contribution in [2.45, 2.75) is 37.5 Å². The van der Waals surface area contributed by atoms with E-state index in [0.29, 0.717) is 31.9 Å². The Balaban J connectivity index is 0.000000220. The third-order valence-electron chi connectivity index (χ3n) is 5.35. The number of thioether (sulfide) groups is 1. The maximum atomic E-state index is 12.1. The average molecular weight is 411 g/mol. The third-order valence-corrected chi connectivity index (χ3v) is 6.51. The summed E-state index contributed by atoms with van der Waals surface area (Å²) in [5.41, 5.74) is 3.98. The van der Waals surface area contributed by atoms with Gasteiger partial charge in [-0.2, -0.15) is 0 Å². The van der Waals surface area contributed by atoms with E-state index in [1.165, 1.54) is 29.5 Å². The van der Waals surface area contributed by atoms with Crippen LogP contribution < -0.4 is 0 Å². The fraction of sp³-hybridized carbons (Fsp3) is 0.417. The molecule has 1 saturated carbocycles. The number of carbonyl (C=O) groups excluding carboxylic acids is 2. The number of piperazine rings is 1. The number of hydrogen-bond donors (Lipinski definition) is 0. The van der Waals surface area contributed by atoms with E-state index in [0.717, 1.165) is 17.2 Å². The molecule has 0 unspecified atom stereocenters. The first-order chi connectivity index (χ1) is 14.1. The molecule has 0 radical (unpaired) electrons. The quantitative estimate of drug-likeness (QED) is 0.546. The molecule has 1 aliphatic carbocycles. The molecule has 2 aromatic rings. The maximum Gasteiger partial charge on any atom is 0.233 e. The van der Waals surface area contributed by atoms with Crippen LogP contribution in [0.25, 0.3) is 0 Å². The summed E-state index contributed by atoms with van der Waals surface area (Å²) in [6.07, 6.45) is 3.67.